The molecule has 2 rings (SSSR count). The molecule has 0 saturated heterocycles. The second-order valence-corrected chi connectivity index (χ2v) is 5.25. The van der Waals surface area contributed by atoms with Gasteiger partial charge in [0, 0.05) is 5.02 Å². The summed E-state index contributed by atoms with van der Waals surface area (Å²) in [4.78, 5) is 26.7. The van der Waals surface area contributed by atoms with Gasteiger partial charge in [-0.1, -0.05) is 16.8 Å². The lowest BCUT2D eigenvalue weighted by atomic mass is 10.2. The van der Waals surface area contributed by atoms with Gasteiger partial charge in [-0.25, -0.2) is 4.79 Å². The molecule has 11 heteroatoms. The lowest BCUT2D eigenvalue weighted by Gasteiger charge is -2.08. The van der Waals surface area contributed by atoms with Crippen LogP contribution in [0.3, 0.4) is 0 Å². The van der Waals surface area contributed by atoms with Gasteiger partial charge >= 0.3 is 11.7 Å². The van der Waals surface area contributed by atoms with Crippen molar-refractivity contribution >= 4 is 29.1 Å². The Labute approximate surface area is 146 Å². The molecule has 2 N–H and O–H groups in total. The molecule has 0 spiro atoms. The van der Waals surface area contributed by atoms with Crippen molar-refractivity contribution in [3.8, 4) is 5.75 Å². The number of carbonyl (C=O) groups excluding carboxylic acids is 1. The highest BCUT2D eigenvalue weighted by molar-refractivity contribution is 6.31. The molecule has 2 aromatic rings. The van der Waals surface area contributed by atoms with E-state index in [1.54, 1.807) is 12.1 Å². The summed E-state index contributed by atoms with van der Waals surface area (Å²) in [5, 5.41) is 18.5. The van der Waals surface area contributed by atoms with Crippen LogP contribution in [0.15, 0.2) is 29.6 Å². The molecule has 1 aromatic carbocycles. The third kappa shape index (κ3) is 4.23. The Morgan fingerprint density at radius 3 is 2.84 bits per heavy atom. The molecule has 0 amide bonds. The molecule has 0 radical (unpaired) electrons. The van der Waals surface area contributed by atoms with Gasteiger partial charge in [0.25, 0.3) is 0 Å². The van der Waals surface area contributed by atoms with Gasteiger partial charge in [0.2, 0.25) is 0 Å². The molecule has 0 aliphatic heterocycles. The average molecular weight is 368 g/mol. The monoisotopic (exact) mass is 367 g/mol. The number of oxime groups is 1. The van der Waals surface area contributed by atoms with Crippen LogP contribution in [-0.2, 0) is 16.2 Å². The Bertz CT molecular complexity index is 848. The van der Waals surface area contributed by atoms with E-state index in [1.165, 1.54) is 20.1 Å². The van der Waals surface area contributed by atoms with Crippen LogP contribution in [0.25, 0.3) is 0 Å². The van der Waals surface area contributed by atoms with E-state index in [-0.39, 0.29) is 23.8 Å². The summed E-state index contributed by atoms with van der Waals surface area (Å²) in [6, 6.07) is 4.71. The molecule has 1 aromatic heterocycles. The van der Waals surface area contributed by atoms with E-state index < -0.39 is 10.9 Å². The van der Waals surface area contributed by atoms with Crippen molar-refractivity contribution in [3.63, 3.8) is 0 Å². The highest BCUT2D eigenvalue weighted by Gasteiger charge is 2.18. The molecular weight excluding hydrogens is 354 g/mol. The molecule has 0 fully saturated rings. The predicted molar refractivity (Wildman–Crippen MR) is 88.4 cm³/mol. The SMILES string of the molecule is COc1ccc(Cl)cc1/C(N)=N/OC(=O)Cn1ncc([N+](=O)[O-])c1C. The molecule has 0 aliphatic carbocycles. The maximum Gasteiger partial charge on any atom is 0.356 e. The van der Waals surface area contributed by atoms with Gasteiger partial charge in [-0.05, 0) is 25.1 Å². The molecule has 132 valence electrons. The van der Waals surface area contributed by atoms with Crippen molar-refractivity contribution in [1.82, 2.24) is 9.78 Å². The number of carbonyl (C=O) groups is 1. The molecule has 10 nitrogen and oxygen atoms in total. The van der Waals surface area contributed by atoms with E-state index in [0.717, 1.165) is 10.9 Å². The van der Waals surface area contributed by atoms with Crippen molar-refractivity contribution in [3.05, 3.63) is 50.8 Å². The Kier molecular flexibility index (Phi) is 5.55. The van der Waals surface area contributed by atoms with Crippen LogP contribution in [0.2, 0.25) is 5.02 Å². The van der Waals surface area contributed by atoms with Crippen LogP contribution in [0.1, 0.15) is 11.3 Å². The minimum Gasteiger partial charge on any atom is -0.496 e. The smallest absolute Gasteiger partial charge is 0.356 e. The fourth-order valence-corrected chi connectivity index (χ4v) is 2.13. The molecule has 0 unspecified atom stereocenters. The molecule has 25 heavy (non-hydrogen) atoms. The zero-order valence-corrected chi connectivity index (χ0v) is 14.1. The summed E-state index contributed by atoms with van der Waals surface area (Å²) in [6.45, 7) is 1.11. The molecule has 0 atom stereocenters. The first-order valence-corrected chi connectivity index (χ1v) is 7.25. The fraction of sp³-hybridized carbons (Fsp3) is 0.214. The highest BCUT2D eigenvalue weighted by atomic mass is 35.5. The number of rotatable bonds is 6. The summed E-state index contributed by atoms with van der Waals surface area (Å²) >= 11 is 5.89. The van der Waals surface area contributed by atoms with E-state index in [9.17, 15) is 14.9 Å². The number of nitro groups is 1. The second kappa shape index (κ2) is 7.62. The van der Waals surface area contributed by atoms with Gasteiger partial charge in [-0.15, -0.1) is 0 Å². The van der Waals surface area contributed by atoms with Crippen molar-refractivity contribution in [2.75, 3.05) is 7.11 Å². The Morgan fingerprint density at radius 2 is 2.24 bits per heavy atom. The van der Waals surface area contributed by atoms with E-state index >= 15 is 0 Å². The number of ether oxygens (including phenoxy) is 1. The van der Waals surface area contributed by atoms with Crippen LogP contribution >= 0.6 is 11.6 Å². The maximum absolute atomic E-state index is 11.8. The van der Waals surface area contributed by atoms with Crippen LogP contribution in [0, 0.1) is 17.0 Å². The molecular formula is C14H14ClN5O5. The van der Waals surface area contributed by atoms with Crippen LogP contribution in [0.5, 0.6) is 5.75 Å². The number of nitrogens with zero attached hydrogens (tertiary/aromatic N) is 4. The van der Waals surface area contributed by atoms with Gasteiger partial charge in [0.1, 0.15) is 24.2 Å². The Morgan fingerprint density at radius 1 is 1.52 bits per heavy atom. The number of halogens is 1. The lowest BCUT2D eigenvalue weighted by Crippen LogP contribution is -2.18. The number of methoxy groups -OCH3 is 1. The molecule has 1 heterocycles. The van der Waals surface area contributed by atoms with Gasteiger partial charge in [-0.3, -0.25) is 14.8 Å². The summed E-state index contributed by atoms with van der Waals surface area (Å²) in [5.41, 5.74) is 6.16. The standard InChI is InChI=1S/C14H14ClN5O5/c1-8-11(20(22)23)6-17-19(8)7-13(21)25-18-14(16)10-5-9(15)3-4-12(10)24-2/h3-6H,7H2,1-2H3,(H2,16,18). The number of aromatic nitrogens is 2. The summed E-state index contributed by atoms with van der Waals surface area (Å²) < 4.78 is 6.26. The van der Waals surface area contributed by atoms with Gasteiger partial charge < -0.3 is 15.3 Å². The summed E-state index contributed by atoms with van der Waals surface area (Å²) in [7, 11) is 1.44. The van der Waals surface area contributed by atoms with Crippen LogP contribution in [-0.4, -0.2) is 33.6 Å². The fourth-order valence-electron chi connectivity index (χ4n) is 1.96. The van der Waals surface area contributed by atoms with Crippen molar-refractivity contribution in [2.45, 2.75) is 13.5 Å². The molecule has 0 bridgehead atoms. The minimum absolute atomic E-state index is 0.115. The topological polar surface area (TPSA) is 135 Å². The normalized spacial score (nSPS) is 11.2. The van der Waals surface area contributed by atoms with Gasteiger partial charge in [0.05, 0.1) is 17.6 Å². The maximum atomic E-state index is 11.8. The highest BCUT2D eigenvalue weighted by Crippen LogP contribution is 2.22. The number of nitrogens with two attached hydrogens (primary N) is 1. The third-order valence-corrected chi connectivity index (χ3v) is 3.47. The van der Waals surface area contributed by atoms with Gasteiger partial charge in [0.15, 0.2) is 5.84 Å². The average Bonchev–Trinajstić information content (AvgIpc) is 2.93. The zero-order chi connectivity index (χ0) is 18.6. The first-order chi connectivity index (χ1) is 11.8. The van der Waals surface area contributed by atoms with Crippen molar-refractivity contribution in [2.24, 2.45) is 10.9 Å². The van der Waals surface area contributed by atoms with E-state index in [4.69, 9.17) is 26.9 Å². The number of amidine groups is 1. The first kappa shape index (κ1) is 18.2. The van der Waals surface area contributed by atoms with Crippen LogP contribution in [0.4, 0.5) is 5.69 Å². The number of hydrogen-bond acceptors (Lipinski definition) is 7. The second-order valence-electron chi connectivity index (χ2n) is 4.81. The van der Waals surface area contributed by atoms with Crippen LogP contribution < -0.4 is 10.5 Å². The third-order valence-electron chi connectivity index (χ3n) is 3.24. The summed E-state index contributed by atoms with van der Waals surface area (Å²) in [5.74, 6) is -0.513. The summed E-state index contributed by atoms with van der Waals surface area (Å²) in [6.07, 6.45) is 1.05. The lowest BCUT2D eigenvalue weighted by molar-refractivity contribution is -0.385. The number of hydrogen-bond donors (Lipinski definition) is 1. The zero-order valence-electron chi connectivity index (χ0n) is 13.3. The molecule has 0 saturated carbocycles. The first-order valence-electron chi connectivity index (χ1n) is 6.87. The quantitative estimate of drug-likeness (QED) is 0.269. The Balaban J connectivity index is 2.10. The minimum atomic E-state index is -0.801. The number of benzene rings is 1. The predicted octanol–water partition coefficient (Wildman–Crippen LogP) is 1.63. The van der Waals surface area contributed by atoms with E-state index in [1.807, 2.05) is 0 Å². The van der Waals surface area contributed by atoms with E-state index in [0.29, 0.717) is 16.3 Å². The van der Waals surface area contributed by atoms with Gasteiger partial charge in [-0.2, -0.15) is 5.10 Å². The van der Waals surface area contributed by atoms with Crippen molar-refractivity contribution in [1.29, 1.82) is 0 Å². The van der Waals surface area contributed by atoms with Crippen molar-refractivity contribution < 1.29 is 19.3 Å². The van der Waals surface area contributed by atoms with E-state index in [2.05, 4.69) is 10.3 Å². The molecule has 0 aliphatic rings. The largest absolute Gasteiger partial charge is 0.496 e. The Hall–Kier alpha value is -3.14.